The molecule has 0 aliphatic rings. The molecule has 2 rings (SSSR count). The highest BCUT2D eigenvalue weighted by molar-refractivity contribution is 6.34. The number of nitro benzene ring substituents is 1. The molecule has 1 unspecified atom stereocenters. The fourth-order valence-corrected chi connectivity index (χ4v) is 2.59. The van der Waals surface area contributed by atoms with E-state index in [1.807, 2.05) is 31.2 Å². The molecule has 0 aromatic heterocycles. The first-order chi connectivity index (χ1) is 11.3. The summed E-state index contributed by atoms with van der Waals surface area (Å²) in [6.07, 6.45) is 0. The van der Waals surface area contributed by atoms with E-state index in [4.69, 9.17) is 11.6 Å². The normalized spacial score (nSPS) is 12.0. The van der Waals surface area contributed by atoms with Crippen LogP contribution in [0, 0.1) is 10.1 Å². The van der Waals surface area contributed by atoms with Crippen LogP contribution in [0.1, 0.15) is 54.2 Å². The molecule has 0 saturated heterocycles. The number of hydrogen-bond acceptors (Lipinski definition) is 3. The van der Waals surface area contributed by atoms with E-state index in [2.05, 4.69) is 19.2 Å². The maximum Gasteiger partial charge on any atom is 0.270 e. The van der Waals surface area contributed by atoms with Crippen LogP contribution in [0.5, 0.6) is 0 Å². The Morgan fingerprint density at radius 1 is 1.08 bits per heavy atom. The van der Waals surface area contributed by atoms with Crippen LogP contribution in [-0.2, 0) is 0 Å². The number of rotatable bonds is 5. The van der Waals surface area contributed by atoms with Crippen molar-refractivity contribution in [3.05, 3.63) is 74.3 Å². The topological polar surface area (TPSA) is 72.2 Å². The molecule has 1 atom stereocenters. The molecule has 2 aromatic carbocycles. The molecule has 126 valence electrons. The molecule has 0 fully saturated rings. The maximum absolute atomic E-state index is 12.3. The van der Waals surface area contributed by atoms with Gasteiger partial charge in [-0.2, -0.15) is 0 Å². The minimum absolute atomic E-state index is 0.0593. The van der Waals surface area contributed by atoms with E-state index in [0.29, 0.717) is 5.92 Å². The van der Waals surface area contributed by atoms with Crippen LogP contribution in [0.15, 0.2) is 42.5 Å². The first-order valence-corrected chi connectivity index (χ1v) is 8.02. The van der Waals surface area contributed by atoms with Crippen molar-refractivity contribution in [2.45, 2.75) is 32.7 Å². The van der Waals surface area contributed by atoms with Crippen LogP contribution in [0.25, 0.3) is 0 Å². The van der Waals surface area contributed by atoms with E-state index in [1.165, 1.54) is 23.8 Å². The molecule has 0 spiro atoms. The number of nitrogens with one attached hydrogen (secondary N) is 1. The number of benzene rings is 2. The van der Waals surface area contributed by atoms with Crippen LogP contribution < -0.4 is 5.32 Å². The van der Waals surface area contributed by atoms with Gasteiger partial charge in [0.1, 0.15) is 0 Å². The second-order valence-corrected chi connectivity index (χ2v) is 6.34. The van der Waals surface area contributed by atoms with Crippen LogP contribution in [0.4, 0.5) is 5.69 Å². The molecule has 0 heterocycles. The first kappa shape index (κ1) is 17.9. The number of non-ortho nitro benzene ring substituents is 1. The van der Waals surface area contributed by atoms with Gasteiger partial charge in [-0.3, -0.25) is 14.9 Å². The zero-order valence-corrected chi connectivity index (χ0v) is 14.5. The van der Waals surface area contributed by atoms with E-state index in [-0.39, 0.29) is 28.2 Å². The molecule has 2 aromatic rings. The van der Waals surface area contributed by atoms with Crippen molar-refractivity contribution in [2.24, 2.45) is 0 Å². The van der Waals surface area contributed by atoms with Gasteiger partial charge in [-0.05, 0) is 30.0 Å². The van der Waals surface area contributed by atoms with Crippen LogP contribution in [0.2, 0.25) is 5.02 Å². The van der Waals surface area contributed by atoms with Gasteiger partial charge in [0.25, 0.3) is 11.6 Å². The second kappa shape index (κ2) is 7.45. The van der Waals surface area contributed by atoms with Crippen molar-refractivity contribution < 1.29 is 9.72 Å². The maximum atomic E-state index is 12.3. The lowest BCUT2D eigenvalue weighted by Crippen LogP contribution is -2.26. The van der Waals surface area contributed by atoms with E-state index in [1.54, 1.807) is 0 Å². The molecular weight excluding hydrogens is 328 g/mol. The minimum Gasteiger partial charge on any atom is -0.345 e. The Labute approximate surface area is 145 Å². The van der Waals surface area contributed by atoms with Crippen molar-refractivity contribution in [3.63, 3.8) is 0 Å². The average molecular weight is 347 g/mol. The van der Waals surface area contributed by atoms with Gasteiger partial charge in [0, 0.05) is 12.1 Å². The summed E-state index contributed by atoms with van der Waals surface area (Å²) in [5.41, 5.74) is 2.28. The van der Waals surface area contributed by atoms with Gasteiger partial charge in [0.05, 0.1) is 21.6 Å². The molecule has 24 heavy (non-hydrogen) atoms. The van der Waals surface area contributed by atoms with Crippen molar-refractivity contribution >= 4 is 23.2 Å². The highest BCUT2D eigenvalue weighted by Crippen LogP contribution is 2.24. The van der Waals surface area contributed by atoms with Crippen LogP contribution in [-0.4, -0.2) is 10.8 Å². The average Bonchev–Trinajstić information content (AvgIpc) is 2.54. The third-order valence-corrected chi connectivity index (χ3v) is 4.17. The third kappa shape index (κ3) is 4.11. The Morgan fingerprint density at radius 2 is 1.67 bits per heavy atom. The molecule has 1 N–H and O–H groups in total. The monoisotopic (exact) mass is 346 g/mol. The molecule has 0 aliphatic carbocycles. The lowest BCUT2D eigenvalue weighted by molar-refractivity contribution is -0.384. The van der Waals surface area contributed by atoms with Gasteiger partial charge in [0.15, 0.2) is 0 Å². The molecule has 6 heteroatoms. The molecule has 0 saturated carbocycles. The molecule has 0 radical (unpaired) electrons. The van der Waals surface area contributed by atoms with Crippen molar-refractivity contribution in [3.8, 4) is 0 Å². The second-order valence-electron chi connectivity index (χ2n) is 5.94. The quantitative estimate of drug-likeness (QED) is 0.620. The third-order valence-electron chi connectivity index (χ3n) is 3.86. The Morgan fingerprint density at radius 3 is 2.17 bits per heavy atom. The van der Waals surface area contributed by atoms with Crippen LogP contribution >= 0.6 is 11.6 Å². The summed E-state index contributed by atoms with van der Waals surface area (Å²) in [5, 5.41) is 13.6. The predicted octanol–water partition coefficient (Wildman–Crippen LogP) is 4.86. The lowest BCUT2D eigenvalue weighted by atomic mass is 9.99. The zero-order valence-electron chi connectivity index (χ0n) is 13.7. The van der Waals surface area contributed by atoms with Gasteiger partial charge >= 0.3 is 0 Å². The van der Waals surface area contributed by atoms with Crippen molar-refractivity contribution in [1.29, 1.82) is 0 Å². The fraction of sp³-hybridized carbons (Fsp3) is 0.278. The number of nitro groups is 1. The van der Waals surface area contributed by atoms with Crippen molar-refractivity contribution in [2.75, 3.05) is 0 Å². The standard InChI is InChI=1S/C18H19ClN2O3/c1-11(2)13-4-6-14(7-5-13)12(3)20-18(22)16-9-8-15(21(23)24)10-17(16)19/h4-12H,1-3H3,(H,20,22). The summed E-state index contributed by atoms with van der Waals surface area (Å²) in [6.45, 7) is 6.12. The van der Waals surface area contributed by atoms with E-state index < -0.39 is 4.92 Å². The number of hydrogen-bond donors (Lipinski definition) is 1. The number of carbonyl (C=O) groups excluding carboxylic acids is 1. The predicted molar refractivity (Wildman–Crippen MR) is 94.5 cm³/mol. The molecule has 0 aliphatic heterocycles. The van der Waals surface area contributed by atoms with Gasteiger partial charge in [-0.25, -0.2) is 0 Å². The smallest absolute Gasteiger partial charge is 0.270 e. The van der Waals surface area contributed by atoms with E-state index >= 15 is 0 Å². The molecule has 0 bridgehead atoms. The van der Waals surface area contributed by atoms with E-state index in [0.717, 1.165) is 5.56 Å². The van der Waals surface area contributed by atoms with Gasteiger partial charge in [0.2, 0.25) is 0 Å². The lowest BCUT2D eigenvalue weighted by Gasteiger charge is -2.16. The number of nitrogens with zero attached hydrogens (tertiary/aromatic N) is 1. The van der Waals surface area contributed by atoms with Gasteiger partial charge < -0.3 is 5.32 Å². The Bertz CT molecular complexity index is 757. The zero-order chi connectivity index (χ0) is 17.9. The summed E-state index contributed by atoms with van der Waals surface area (Å²) in [7, 11) is 0. The summed E-state index contributed by atoms with van der Waals surface area (Å²) >= 11 is 5.99. The number of amides is 1. The summed E-state index contributed by atoms with van der Waals surface area (Å²) in [6, 6.07) is 11.7. The Balaban J connectivity index is 2.12. The summed E-state index contributed by atoms with van der Waals surface area (Å²) in [4.78, 5) is 22.5. The fourth-order valence-electron chi connectivity index (χ4n) is 2.33. The Kier molecular flexibility index (Phi) is 5.57. The van der Waals surface area contributed by atoms with E-state index in [9.17, 15) is 14.9 Å². The van der Waals surface area contributed by atoms with Gasteiger partial charge in [-0.1, -0.05) is 49.7 Å². The number of halogens is 1. The van der Waals surface area contributed by atoms with Crippen LogP contribution in [0.3, 0.4) is 0 Å². The molecule has 5 nitrogen and oxygen atoms in total. The number of carbonyl (C=O) groups is 1. The first-order valence-electron chi connectivity index (χ1n) is 7.64. The summed E-state index contributed by atoms with van der Waals surface area (Å²) in [5.74, 6) is 0.0817. The highest BCUT2D eigenvalue weighted by atomic mass is 35.5. The van der Waals surface area contributed by atoms with Crippen molar-refractivity contribution in [1.82, 2.24) is 5.32 Å². The molecule has 1 amide bonds. The SMILES string of the molecule is CC(C)c1ccc(C(C)NC(=O)c2ccc([N+](=O)[O-])cc2Cl)cc1. The summed E-state index contributed by atoms with van der Waals surface area (Å²) < 4.78 is 0. The highest BCUT2D eigenvalue weighted by Gasteiger charge is 2.17. The van der Waals surface area contributed by atoms with Gasteiger partial charge in [-0.15, -0.1) is 0 Å². The molecular formula is C18H19ClN2O3. The largest absolute Gasteiger partial charge is 0.345 e. The Hall–Kier alpha value is -2.40. The minimum atomic E-state index is -0.549.